The summed E-state index contributed by atoms with van der Waals surface area (Å²) in [5.74, 6) is -0.589. The van der Waals surface area contributed by atoms with Gasteiger partial charge < -0.3 is 10.1 Å². The minimum Gasteiger partial charge on any atom is -0.484 e. The molecule has 4 rings (SSSR count). The van der Waals surface area contributed by atoms with Gasteiger partial charge in [0, 0.05) is 6.54 Å². The van der Waals surface area contributed by atoms with Crippen LogP contribution in [-0.2, 0) is 22.2 Å². The van der Waals surface area contributed by atoms with Crippen molar-refractivity contribution in [1.29, 1.82) is 0 Å². The lowest BCUT2D eigenvalue weighted by Crippen LogP contribution is -2.30. The Balaban J connectivity index is 1.37. The van der Waals surface area contributed by atoms with E-state index in [1.165, 1.54) is 30.0 Å². The van der Waals surface area contributed by atoms with Crippen molar-refractivity contribution in [2.24, 2.45) is 0 Å². The summed E-state index contributed by atoms with van der Waals surface area (Å²) in [5.41, 5.74) is 0.485. The summed E-state index contributed by atoms with van der Waals surface area (Å²) in [7, 11) is 0. The molecule has 0 bridgehead atoms. The van der Waals surface area contributed by atoms with E-state index >= 15 is 0 Å². The lowest BCUT2D eigenvalue weighted by Gasteiger charge is -2.14. The number of halogens is 3. The van der Waals surface area contributed by atoms with Crippen LogP contribution in [0.1, 0.15) is 16.7 Å². The maximum atomic E-state index is 13.1. The Morgan fingerprint density at radius 2 is 1.76 bits per heavy atom. The zero-order valence-corrected chi connectivity index (χ0v) is 21.0. The highest BCUT2D eigenvalue weighted by atomic mass is 32.2. The number of hydrogen-bond donors (Lipinski definition) is 1. The van der Waals surface area contributed by atoms with Crippen molar-refractivity contribution in [2.45, 2.75) is 12.6 Å². The van der Waals surface area contributed by atoms with Crippen LogP contribution in [0.3, 0.4) is 0 Å². The Bertz CT molecular complexity index is 1340. The van der Waals surface area contributed by atoms with Crippen LogP contribution in [0.15, 0.2) is 83.8 Å². The van der Waals surface area contributed by atoms with Gasteiger partial charge in [-0.2, -0.15) is 13.2 Å². The molecule has 1 heterocycles. The van der Waals surface area contributed by atoms with E-state index < -0.39 is 24.3 Å². The summed E-state index contributed by atoms with van der Waals surface area (Å²) in [6.07, 6.45) is -2.23. The molecular weight excluding hydrogens is 521 g/mol. The van der Waals surface area contributed by atoms with Gasteiger partial charge in [-0.05, 0) is 47.9 Å². The van der Waals surface area contributed by atoms with Crippen molar-refractivity contribution >= 4 is 51.9 Å². The van der Waals surface area contributed by atoms with Gasteiger partial charge in [0.2, 0.25) is 0 Å². The maximum Gasteiger partial charge on any atom is 0.418 e. The molecule has 5 nitrogen and oxygen atoms in total. The van der Waals surface area contributed by atoms with Crippen LogP contribution in [-0.4, -0.2) is 34.2 Å². The molecule has 3 aromatic carbocycles. The van der Waals surface area contributed by atoms with Gasteiger partial charge >= 0.3 is 6.18 Å². The number of para-hydroxylation sites is 1. The van der Waals surface area contributed by atoms with Gasteiger partial charge in [-0.25, -0.2) is 0 Å². The molecule has 0 aliphatic carbocycles. The van der Waals surface area contributed by atoms with Crippen molar-refractivity contribution in [3.8, 4) is 5.75 Å². The fourth-order valence-electron chi connectivity index (χ4n) is 3.60. The second-order valence-electron chi connectivity index (χ2n) is 8.02. The number of carbonyl (C=O) groups is 2. The van der Waals surface area contributed by atoms with E-state index in [1.807, 2.05) is 30.3 Å². The van der Waals surface area contributed by atoms with E-state index in [-0.39, 0.29) is 11.6 Å². The molecule has 37 heavy (non-hydrogen) atoms. The van der Waals surface area contributed by atoms with Gasteiger partial charge in [0.1, 0.15) is 10.1 Å². The fraction of sp³-hybridized carbons (Fsp3) is 0.148. The summed E-state index contributed by atoms with van der Waals surface area (Å²) < 4.78 is 45.4. The van der Waals surface area contributed by atoms with Gasteiger partial charge in [-0.15, -0.1) is 0 Å². The number of ether oxygens (including phenoxy) is 1. The summed E-state index contributed by atoms with van der Waals surface area (Å²) in [6.45, 7) is -0.0149. The lowest BCUT2D eigenvalue weighted by atomic mass is 10.1. The molecule has 0 aromatic heterocycles. The molecule has 2 amide bonds. The predicted octanol–water partition coefficient (Wildman–Crippen LogP) is 6.17. The molecule has 0 spiro atoms. The monoisotopic (exact) mass is 542 g/mol. The fourth-order valence-corrected chi connectivity index (χ4v) is 4.91. The van der Waals surface area contributed by atoms with E-state index in [0.717, 1.165) is 11.6 Å². The number of carbonyl (C=O) groups excluding carboxylic acids is 2. The van der Waals surface area contributed by atoms with E-state index in [0.29, 0.717) is 33.5 Å². The molecule has 1 saturated heterocycles. The number of anilines is 1. The number of rotatable bonds is 8. The number of hydrogen-bond acceptors (Lipinski definition) is 5. The number of thiocarbonyl (C=S) groups is 1. The minimum atomic E-state index is -4.60. The van der Waals surface area contributed by atoms with Gasteiger partial charge in [0.05, 0.1) is 16.2 Å². The van der Waals surface area contributed by atoms with Gasteiger partial charge in [-0.1, -0.05) is 78.6 Å². The van der Waals surface area contributed by atoms with E-state index in [2.05, 4.69) is 5.32 Å². The zero-order valence-electron chi connectivity index (χ0n) is 19.3. The summed E-state index contributed by atoms with van der Waals surface area (Å²) in [4.78, 5) is 27.2. The highest BCUT2D eigenvalue weighted by Gasteiger charge is 2.34. The second-order valence-corrected chi connectivity index (χ2v) is 9.70. The van der Waals surface area contributed by atoms with Crippen LogP contribution < -0.4 is 10.1 Å². The Morgan fingerprint density at radius 1 is 1.03 bits per heavy atom. The van der Waals surface area contributed by atoms with Crippen molar-refractivity contribution in [1.82, 2.24) is 4.90 Å². The third-order valence-electron chi connectivity index (χ3n) is 5.37. The normalized spacial score (nSPS) is 14.8. The summed E-state index contributed by atoms with van der Waals surface area (Å²) in [5, 5.41) is 2.24. The number of alkyl halides is 3. The molecule has 10 heteroatoms. The van der Waals surface area contributed by atoms with E-state index in [1.54, 1.807) is 35.2 Å². The van der Waals surface area contributed by atoms with Crippen molar-refractivity contribution < 1.29 is 27.5 Å². The molecule has 0 unspecified atom stereocenters. The standard InChI is InChI=1S/C27H21F3N2O3S2/c28-27(29,30)21-11-4-5-12-22(21)31-24(33)17-35-20-10-6-9-19(15-20)16-23-25(34)32(26(36)37-23)14-13-18-7-2-1-3-8-18/h1-12,15-16H,13-14,17H2,(H,31,33)/b23-16-. The van der Waals surface area contributed by atoms with Crippen LogP contribution in [0.4, 0.5) is 18.9 Å². The third-order valence-corrected chi connectivity index (χ3v) is 6.75. The van der Waals surface area contributed by atoms with Crippen LogP contribution >= 0.6 is 24.0 Å². The largest absolute Gasteiger partial charge is 0.484 e. The Labute approximate surface area is 221 Å². The average molecular weight is 543 g/mol. The first-order valence-electron chi connectivity index (χ1n) is 11.2. The Kier molecular flexibility index (Phi) is 8.30. The summed E-state index contributed by atoms with van der Waals surface area (Å²) >= 11 is 6.61. The average Bonchev–Trinajstić information content (AvgIpc) is 3.14. The first kappa shape index (κ1) is 26.4. The van der Waals surface area contributed by atoms with Crippen molar-refractivity contribution in [3.05, 3.63) is 100 Å². The van der Waals surface area contributed by atoms with E-state index in [4.69, 9.17) is 17.0 Å². The molecule has 1 N–H and O–H groups in total. The molecule has 1 aliphatic rings. The smallest absolute Gasteiger partial charge is 0.418 e. The molecule has 0 saturated carbocycles. The number of benzene rings is 3. The molecule has 0 atom stereocenters. The maximum absolute atomic E-state index is 13.1. The van der Waals surface area contributed by atoms with Crippen LogP contribution in [0, 0.1) is 0 Å². The second kappa shape index (κ2) is 11.6. The number of thioether (sulfide) groups is 1. The molecule has 190 valence electrons. The topological polar surface area (TPSA) is 58.6 Å². The predicted molar refractivity (Wildman–Crippen MR) is 142 cm³/mol. The van der Waals surface area contributed by atoms with Gasteiger partial charge in [-0.3, -0.25) is 14.5 Å². The van der Waals surface area contributed by atoms with Crippen LogP contribution in [0.25, 0.3) is 6.08 Å². The molecule has 1 fully saturated rings. The highest BCUT2D eigenvalue weighted by Crippen LogP contribution is 2.35. The number of nitrogens with one attached hydrogen (secondary N) is 1. The summed E-state index contributed by atoms with van der Waals surface area (Å²) in [6, 6.07) is 21.2. The first-order chi connectivity index (χ1) is 17.7. The van der Waals surface area contributed by atoms with E-state index in [9.17, 15) is 22.8 Å². The molecule has 0 radical (unpaired) electrons. The molecular formula is C27H21F3N2O3S2. The van der Waals surface area contributed by atoms with Crippen LogP contribution in [0.5, 0.6) is 5.75 Å². The van der Waals surface area contributed by atoms with Crippen molar-refractivity contribution in [3.63, 3.8) is 0 Å². The molecule has 1 aliphatic heterocycles. The minimum absolute atomic E-state index is 0.181. The molecule has 3 aromatic rings. The highest BCUT2D eigenvalue weighted by molar-refractivity contribution is 8.26. The Morgan fingerprint density at radius 3 is 2.51 bits per heavy atom. The van der Waals surface area contributed by atoms with Gasteiger partial charge in [0.25, 0.3) is 11.8 Å². The van der Waals surface area contributed by atoms with Crippen LogP contribution in [0.2, 0.25) is 0 Å². The first-order valence-corrected chi connectivity index (χ1v) is 12.4. The van der Waals surface area contributed by atoms with Crippen molar-refractivity contribution in [2.75, 3.05) is 18.5 Å². The third kappa shape index (κ3) is 6.99. The number of nitrogens with zero attached hydrogens (tertiary/aromatic N) is 1. The zero-order chi connectivity index (χ0) is 26.4. The lowest BCUT2D eigenvalue weighted by molar-refractivity contribution is -0.137. The SMILES string of the molecule is O=C(COc1cccc(/C=C2\SC(=S)N(CCc3ccccc3)C2=O)c1)Nc1ccccc1C(F)(F)F. The Hall–Kier alpha value is -3.63. The quantitative estimate of drug-likeness (QED) is 0.273. The number of amides is 2. The van der Waals surface area contributed by atoms with Gasteiger partial charge in [0.15, 0.2) is 6.61 Å².